The zero-order valence-electron chi connectivity index (χ0n) is 2.00. The zero-order valence-corrected chi connectivity index (χ0v) is 8.62. The molecular formula is H4O2UZr. The van der Waals surface area contributed by atoms with Crippen LogP contribution in [0.5, 0.6) is 0 Å². The van der Waals surface area contributed by atoms with Crippen molar-refractivity contribution >= 4 is 0 Å². The molecule has 0 radical (unpaired) electrons. The summed E-state index contributed by atoms with van der Waals surface area (Å²) in [7, 11) is 0. The minimum absolute atomic E-state index is 0. The Morgan fingerprint density at radius 3 is 0.750 bits per heavy atom. The van der Waals surface area contributed by atoms with E-state index in [1.165, 1.54) is 0 Å². The van der Waals surface area contributed by atoms with E-state index in [0.29, 0.717) is 0 Å². The van der Waals surface area contributed by atoms with Crippen molar-refractivity contribution in [3.05, 3.63) is 0 Å². The third kappa shape index (κ3) is 9.13. The third-order valence-electron chi connectivity index (χ3n) is 0. The van der Waals surface area contributed by atoms with Gasteiger partial charge in [0, 0.05) is 57.3 Å². The first kappa shape index (κ1) is 40.1. The summed E-state index contributed by atoms with van der Waals surface area (Å²) >= 11 is 0. The Hall–Kier alpha value is 1.86. The van der Waals surface area contributed by atoms with Crippen LogP contribution in [0.2, 0.25) is 0 Å². The molecule has 0 fully saturated rings. The van der Waals surface area contributed by atoms with E-state index in [1.54, 1.807) is 0 Å². The molecule has 0 heterocycles. The molecule has 0 bridgehead atoms. The summed E-state index contributed by atoms with van der Waals surface area (Å²) in [5.74, 6) is 0. The fourth-order valence-corrected chi connectivity index (χ4v) is 0. The first-order valence-electron chi connectivity index (χ1n) is 0. The van der Waals surface area contributed by atoms with Crippen LogP contribution >= 0.6 is 0 Å². The van der Waals surface area contributed by atoms with Gasteiger partial charge in [0.25, 0.3) is 0 Å². The Morgan fingerprint density at radius 1 is 0.750 bits per heavy atom. The van der Waals surface area contributed by atoms with Gasteiger partial charge in [-0.1, -0.05) is 0 Å². The summed E-state index contributed by atoms with van der Waals surface area (Å²) in [5, 5.41) is 0. The molecule has 0 spiro atoms. The normalized spacial score (nSPS) is 0. The van der Waals surface area contributed by atoms with Gasteiger partial charge in [0.2, 0.25) is 0 Å². The van der Waals surface area contributed by atoms with E-state index in [2.05, 4.69) is 0 Å². The van der Waals surface area contributed by atoms with Gasteiger partial charge in [0.1, 0.15) is 0 Å². The molecule has 0 amide bonds. The molecule has 0 aliphatic carbocycles. The first-order valence-corrected chi connectivity index (χ1v) is 0. The van der Waals surface area contributed by atoms with Crippen LogP contribution in [0, 0.1) is 31.1 Å². The van der Waals surface area contributed by atoms with Crippen LogP contribution in [0.25, 0.3) is 0 Å². The summed E-state index contributed by atoms with van der Waals surface area (Å²) < 4.78 is 0. The van der Waals surface area contributed by atoms with E-state index in [0.717, 1.165) is 0 Å². The molecular weight excluding hydrogens is 361 g/mol. The second-order valence-corrected chi connectivity index (χ2v) is 0. The second kappa shape index (κ2) is 21.0. The molecule has 0 saturated heterocycles. The third-order valence-corrected chi connectivity index (χ3v) is 0. The van der Waals surface area contributed by atoms with E-state index >= 15 is 0 Å². The molecule has 0 aliphatic heterocycles. The predicted octanol–water partition coefficient (Wildman–Crippen LogP) is -1.65. The Morgan fingerprint density at radius 2 is 0.750 bits per heavy atom. The van der Waals surface area contributed by atoms with E-state index in [9.17, 15) is 0 Å². The van der Waals surface area contributed by atoms with Gasteiger partial charge in [-0.25, -0.2) is 0 Å². The van der Waals surface area contributed by atoms with Crippen molar-refractivity contribution in [2.75, 3.05) is 0 Å². The molecule has 0 atom stereocenters. The maximum atomic E-state index is 0. The molecule has 0 aliphatic rings. The fraction of sp³-hybridized carbons (Fsp3) is 0. The molecule has 2 nitrogen and oxygen atoms in total. The van der Waals surface area contributed by atoms with Crippen LogP contribution in [-0.2, 0) is 26.2 Å². The molecule has 0 aromatic carbocycles. The number of hydrogen-bond acceptors (Lipinski definition) is 0. The van der Waals surface area contributed by atoms with Crippen LogP contribution in [0.1, 0.15) is 0 Å². The molecule has 0 unspecified atom stereocenters. The topological polar surface area (TPSA) is 63.0 Å². The van der Waals surface area contributed by atoms with E-state index < -0.39 is 0 Å². The van der Waals surface area contributed by atoms with Crippen molar-refractivity contribution < 1.29 is 68.3 Å². The van der Waals surface area contributed by atoms with E-state index in [-0.39, 0.29) is 68.3 Å². The average molecular weight is 365 g/mol. The Bertz CT molecular complexity index is 6.00. The summed E-state index contributed by atoms with van der Waals surface area (Å²) in [5.41, 5.74) is 0. The molecule has 4 N–H and O–H groups in total. The minimum atomic E-state index is 0. The van der Waals surface area contributed by atoms with Gasteiger partial charge in [-0.05, 0) is 0 Å². The number of rotatable bonds is 0. The molecule has 4 heteroatoms. The van der Waals surface area contributed by atoms with Crippen LogP contribution in [0.3, 0.4) is 0 Å². The van der Waals surface area contributed by atoms with E-state index in [1.807, 2.05) is 0 Å². The van der Waals surface area contributed by atoms with Crippen molar-refractivity contribution in [1.82, 2.24) is 0 Å². The summed E-state index contributed by atoms with van der Waals surface area (Å²) in [6.45, 7) is 0. The van der Waals surface area contributed by atoms with Gasteiger partial charge in [0.15, 0.2) is 0 Å². The van der Waals surface area contributed by atoms with Gasteiger partial charge in [0.05, 0.1) is 0 Å². The van der Waals surface area contributed by atoms with Crippen molar-refractivity contribution in [3.63, 3.8) is 0 Å². The Balaban J connectivity index is 0. The van der Waals surface area contributed by atoms with E-state index in [4.69, 9.17) is 0 Å². The Kier molecular flexibility index (Phi) is 210. The molecule has 0 saturated carbocycles. The van der Waals surface area contributed by atoms with Crippen molar-refractivity contribution in [2.45, 2.75) is 0 Å². The van der Waals surface area contributed by atoms with Crippen LogP contribution in [-0.4, -0.2) is 11.0 Å². The molecule has 0 aromatic heterocycles. The zero-order chi connectivity index (χ0) is 0. The number of hydrogen-bond donors (Lipinski definition) is 0. The van der Waals surface area contributed by atoms with Crippen LogP contribution in [0.15, 0.2) is 0 Å². The monoisotopic (exact) mass is 364 g/mol. The van der Waals surface area contributed by atoms with Gasteiger partial charge >= 0.3 is 0 Å². The smallest absolute Gasteiger partial charge is 0 e. The summed E-state index contributed by atoms with van der Waals surface area (Å²) in [4.78, 5) is 0. The van der Waals surface area contributed by atoms with Crippen LogP contribution < -0.4 is 0 Å². The summed E-state index contributed by atoms with van der Waals surface area (Å²) in [6.07, 6.45) is 0. The SMILES string of the molecule is O.O.[U].[Zr]. The van der Waals surface area contributed by atoms with Crippen molar-refractivity contribution in [1.29, 1.82) is 0 Å². The maximum absolute atomic E-state index is 0. The quantitative estimate of drug-likeness (QED) is 0.494. The van der Waals surface area contributed by atoms with Crippen molar-refractivity contribution in [3.8, 4) is 0 Å². The van der Waals surface area contributed by atoms with Gasteiger partial charge in [-0.15, -0.1) is 0 Å². The van der Waals surface area contributed by atoms with Crippen LogP contribution in [0.4, 0.5) is 0 Å². The van der Waals surface area contributed by atoms with Gasteiger partial charge in [-0.3, -0.25) is 0 Å². The van der Waals surface area contributed by atoms with Gasteiger partial charge in [-0.2, -0.15) is 0 Å². The minimum Gasteiger partial charge on any atom is -0.412 e. The van der Waals surface area contributed by atoms with Gasteiger partial charge < -0.3 is 11.0 Å². The first-order chi connectivity index (χ1) is 0. The molecule has 24 valence electrons. The Labute approximate surface area is 67.5 Å². The standard InChI is InChI=1S/2H2O.U.Zr/h2*1H2;;. The van der Waals surface area contributed by atoms with Crippen molar-refractivity contribution in [2.24, 2.45) is 0 Å². The molecule has 0 rings (SSSR count). The molecule has 4 heavy (non-hydrogen) atoms. The second-order valence-electron chi connectivity index (χ2n) is 0. The predicted molar refractivity (Wildman–Crippen MR) is 7.23 cm³/mol. The largest absolute Gasteiger partial charge is 0.412 e. The summed E-state index contributed by atoms with van der Waals surface area (Å²) in [6, 6.07) is 0. The average Bonchev–Trinajstić information content (AvgIpc) is 0. The molecule has 0 aromatic rings. The fourth-order valence-electron chi connectivity index (χ4n) is 0. The maximum Gasteiger partial charge on any atom is 0 e.